The van der Waals surface area contributed by atoms with Crippen LogP contribution in [0.2, 0.25) is 0 Å². The van der Waals surface area contributed by atoms with Crippen molar-refractivity contribution in [2.45, 2.75) is 18.9 Å². The first-order chi connectivity index (χ1) is 8.88. The van der Waals surface area contributed by atoms with Crippen LogP contribution in [-0.2, 0) is 29.1 Å². The summed E-state index contributed by atoms with van der Waals surface area (Å²) in [5, 5.41) is 0. The third-order valence-corrected chi connectivity index (χ3v) is 4.73. The number of rotatable bonds is 6. The van der Waals surface area contributed by atoms with Gasteiger partial charge >= 0.3 is 5.97 Å². The molecule has 110 valence electrons. The molecule has 8 nitrogen and oxygen atoms in total. The molecular weight excluding hydrogens is 276 g/mol. The molecule has 1 unspecified atom stereocenters. The molecule has 1 heterocycles. The minimum atomic E-state index is -3.64. The maximum Gasteiger partial charge on any atom is 0.305 e. The zero-order chi connectivity index (χ0) is 14.5. The highest BCUT2D eigenvalue weighted by molar-refractivity contribution is 7.89. The highest BCUT2D eigenvalue weighted by atomic mass is 32.2. The van der Waals surface area contributed by atoms with E-state index in [0.717, 1.165) is 4.31 Å². The summed E-state index contributed by atoms with van der Waals surface area (Å²) < 4.78 is 34.7. The van der Waals surface area contributed by atoms with Crippen LogP contribution in [0.3, 0.4) is 0 Å². The maximum atomic E-state index is 12.1. The number of carbonyl (C=O) groups excluding carboxylic acids is 2. The summed E-state index contributed by atoms with van der Waals surface area (Å²) in [5.41, 5.74) is 5.15. The van der Waals surface area contributed by atoms with E-state index in [1.807, 2.05) is 0 Å². The first-order valence-electron chi connectivity index (χ1n) is 5.82. The molecule has 2 N–H and O–H groups in total. The van der Waals surface area contributed by atoms with Crippen molar-refractivity contribution in [3.63, 3.8) is 0 Å². The Balaban J connectivity index is 2.64. The fourth-order valence-corrected chi connectivity index (χ4v) is 3.41. The second-order valence-corrected chi connectivity index (χ2v) is 6.14. The third-order valence-electron chi connectivity index (χ3n) is 2.78. The topological polar surface area (TPSA) is 116 Å². The van der Waals surface area contributed by atoms with Crippen molar-refractivity contribution in [2.75, 3.05) is 32.6 Å². The summed E-state index contributed by atoms with van der Waals surface area (Å²) >= 11 is 0. The number of methoxy groups -OCH3 is 1. The number of esters is 1. The predicted octanol–water partition coefficient (Wildman–Crippen LogP) is -1.54. The van der Waals surface area contributed by atoms with E-state index >= 15 is 0 Å². The Morgan fingerprint density at radius 1 is 1.47 bits per heavy atom. The lowest BCUT2D eigenvalue weighted by molar-refractivity contribution is -0.140. The van der Waals surface area contributed by atoms with Crippen molar-refractivity contribution in [1.29, 1.82) is 0 Å². The largest absolute Gasteiger partial charge is 0.469 e. The van der Waals surface area contributed by atoms with Gasteiger partial charge in [-0.25, -0.2) is 8.42 Å². The van der Waals surface area contributed by atoms with Crippen molar-refractivity contribution < 1.29 is 27.5 Å². The summed E-state index contributed by atoms with van der Waals surface area (Å²) in [6, 6.07) is -0.975. The Labute approximate surface area is 111 Å². The van der Waals surface area contributed by atoms with Crippen molar-refractivity contribution >= 4 is 21.9 Å². The molecule has 1 rings (SSSR count). The van der Waals surface area contributed by atoms with E-state index in [-0.39, 0.29) is 38.4 Å². The molecular formula is C10H18N2O6S. The number of ether oxygens (including phenoxy) is 2. The number of nitrogens with two attached hydrogens (primary N) is 1. The van der Waals surface area contributed by atoms with Crippen LogP contribution in [0, 0.1) is 0 Å². The van der Waals surface area contributed by atoms with Crippen molar-refractivity contribution in [2.24, 2.45) is 5.73 Å². The van der Waals surface area contributed by atoms with E-state index in [1.54, 1.807) is 0 Å². The van der Waals surface area contributed by atoms with Crippen LogP contribution in [-0.4, -0.2) is 63.3 Å². The van der Waals surface area contributed by atoms with E-state index in [9.17, 15) is 18.0 Å². The summed E-state index contributed by atoms with van der Waals surface area (Å²) in [6.45, 7) is 0.278. The Bertz CT molecular complexity index is 435. The van der Waals surface area contributed by atoms with E-state index in [4.69, 9.17) is 10.5 Å². The van der Waals surface area contributed by atoms with Gasteiger partial charge in [0.2, 0.25) is 15.9 Å². The molecule has 0 aromatic carbocycles. The number of primary amides is 1. The molecule has 1 fully saturated rings. The number of hydrogen-bond donors (Lipinski definition) is 1. The molecule has 0 saturated carbocycles. The monoisotopic (exact) mass is 294 g/mol. The molecule has 0 spiro atoms. The summed E-state index contributed by atoms with van der Waals surface area (Å²) in [7, 11) is -2.40. The Morgan fingerprint density at radius 2 is 2.16 bits per heavy atom. The van der Waals surface area contributed by atoms with E-state index in [1.165, 1.54) is 7.11 Å². The van der Waals surface area contributed by atoms with Gasteiger partial charge in [-0.15, -0.1) is 0 Å². The third kappa shape index (κ3) is 4.44. The Kier molecular flexibility index (Phi) is 5.70. The van der Waals surface area contributed by atoms with Crippen LogP contribution in [0.15, 0.2) is 0 Å². The smallest absolute Gasteiger partial charge is 0.305 e. The van der Waals surface area contributed by atoms with Crippen molar-refractivity contribution in [3.05, 3.63) is 0 Å². The molecule has 0 aliphatic carbocycles. The fraction of sp³-hybridized carbons (Fsp3) is 0.800. The number of hydrogen-bond acceptors (Lipinski definition) is 6. The standard InChI is InChI=1S/C10H18N2O6S/c1-17-9(13)3-2-6-19(15,16)12-4-5-18-7-8(12)10(11)14/h8H,2-7H2,1H3,(H2,11,14). The Morgan fingerprint density at radius 3 is 2.74 bits per heavy atom. The second-order valence-electron chi connectivity index (χ2n) is 4.10. The second kappa shape index (κ2) is 6.83. The molecule has 1 amide bonds. The highest BCUT2D eigenvalue weighted by Crippen LogP contribution is 2.14. The number of amides is 1. The molecule has 1 aliphatic heterocycles. The van der Waals surface area contributed by atoms with Gasteiger partial charge in [-0.2, -0.15) is 4.31 Å². The molecule has 0 aromatic heterocycles. The van der Waals surface area contributed by atoms with E-state index in [0.29, 0.717) is 0 Å². The van der Waals surface area contributed by atoms with Gasteiger partial charge in [-0.3, -0.25) is 9.59 Å². The highest BCUT2D eigenvalue weighted by Gasteiger charge is 2.35. The molecule has 0 aromatic rings. The zero-order valence-corrected chi connectivity index (χ0v) is 11.5. The lowest BCUT2D eigenvalue weighted by atomic mass is 10.3. The lowest BCUT2D eigenvalue weighted by Gasteiger charge is -2.32. The number of nitrogens with zero attached hydrogens (tertiary/aromatic N) is 1. The van der Waals surface area contributed by atoms with Crippen LogP contribution in [0.4, 0.5) is 0 Å². The van der Waals surface area contributed by atoms with Gasteiger partial charge in [0.05, 0.1) is 26.1 Å². The van der Waals surface area contributed by atoms with Gasteiger partial charge in [0.15, 0.2) is 0 Å². The number of carbonyl (C=O) groups is 2. The minimum absolute atomic E-state index is 0.0152. The van der Waals surface area contributed by atoms with Crippen LogP contribution in [0.25, 0.3) is 0 Å². The fourth-order valence-electron chi connectivity index (χ4n) is 1.76. The number of morpholine rings is 1. The first kappa shape index (κ1) is 15.9. The van der Waals surface area contributed by atoms with Crippen LogP contribution in [0.1, 0.15) is 12.8 Å². The quantitative estimate of drug-likeness (QED) is 0.593. The zero-order valence-electron chi connectivity index (χ0n) is 10.7. The van der Waals surface area contributed by atoms with Crippen molar-refractivity contribution in [3.8, 4) is 0 Å². The van der Waals surface area contributed by atoms with Crippen LogP contribution < -0.4 is 5.73 Å². The van der Waals surface area contributed by atoms with Crippen LogP contribution in [0.5, 0.6) is 0 Å². The van der Waals surface area contributed by atoms with E-state index in [2.05, 4.69) is 4.74 Å². The molecule has 0 radical (unpaired) electrons. The molecule has 1 atom stereocenters. The molecule has 0 bridgehead atoms. The lowest BCUT2D eigenvalue weighted by Crippen LogP contribution is -2.55. The van der Waals surface area contributed by atoms with Crippen LogP contribution >= 0.6 is 0 Å². The van der Waals surface area contributed by atoms with Gasteiger partial charge in [-0.05, 0) is 6.42 Å². The minimum Gasteiger partial charge on any atom is -0.469 e. The summed E-state index contributed by atoms with van der Waals surface area (Å²) in [6.07, 6.45) is 0.152. The summed E-state index contributed by atoms with van der Waals surface area (Å²) in [5.74, 6) is -1.44. The first-order valence-corrected chi connectivity index (χ1v) is 7.43. The van der Waals surface area contributed by atoms with Gasteiger partial charge in [-0.1, -0.05) is 0 Å². The molecule has 9 heteroatoms. The molecule has 19 heavy (non-hydrogen) atoms. The molecule has 1 aliphatic rings. The SMILES string of the molecule is COC(=O)CCCS(=O)(=O)N1CCOCC1C(N)=O. The number of sulfonamides is 1. The van der Waals surface area contributed by atoms with Gasteiger partial charge in [0, 0.05) is 13.0 Å². The maximum absolute atomic E-state index is 12.1. The summed E-state index contributed by atoms with van der Waals surface area (Å²) in [4.78, 5) is 22.1. The van der Waals surface area contributed by atoms with Gasteiger partial charge in [0.1, 0.15) is 6.04 Å². The van der Waals surface area contributed by atoms with Gasteiger partial charge in [0.25, 0.3) is 0 Å². The van der Waals surface area contributed by atoms with E-state index < -0.39 is 27.9 Å². The average Bonchev–Trinajstić information content (AvgIpc) is 2.38. The average molecular weight is 294 g/mol. The predicted molar refractivity (Wildman–Crippen MR) is 65.5 cm³/mol. The van der Waals surface area contributed by atoms with Crippen molar-refractivity contribution in [1.82, 2.24) is 4.31 Å². The molecule has 1 saturated heterocycles. The normalized spacial score (nSPS) is 21.0. The Hall–Kier alpha value is -1.19. The van der Waals surface area contributed by atoms with Gasteiger partial charge < -0.3 is 15.2 Å².